The molecule has 2 N–H and O–H groups in total. The molecule has 188 valence electrons. The zero-order valence-corrected chi connectivity index (χ0v) is 22.1. The fraction of sp³-hybridized carbons (Fsp3) is 0.931. The Kier molecular flexibility index (Phi) is 6.84. The molecule has 0 heterocycles. The molecule has 0 unspecified atom stereocenters. The molecule has 0 amide bonds. The van der Waals surface area contributed by atoms with Gasteiger partial charge >= 0.3 is 0 Å². The first-order valence-corrected chi connectivity index (χ1v) is 14.0. The van der Waals surface area contributed by atoms with Crippen LogP contribution in [0.3, 0.4) is 0 Å². The number of carbonyl (C=O) groups excluding carboxylic acids is 1. The summed E-state index contributed by atoms with van der Waals surface area (Å²) in [6.07, 6.45) is 11.0. The lowest BCUT2D eigenvalue weighted by Crippen LogP contribution is -2.66. The smallest absolute Gasteiger partial charge is 0.136 e. The summed E-state index contributed by atoms with van der Waals surface area (Å²) in [6.45, 7) is 14.3. The minimum absolute atomic E-state index is 0.108. The maximum absolute atomic E-state index is 12.3. The lowest BCUT2D eigenvalue weighted by molar-refractivity contribution is -0.163. The first-order chi connectivity index (χ1) is 15.5. The summed E-state index contributed by atoms with van der Waals surface area (Å²) in [7, 11) is 0. The number of aliphatic hydroxyl groups is 1. The molecule has 4 aliphatic carbocycles. The van der Waals surface area contributed by atoms with Crippen LogP contribution in [0.15, 0.2) is 5.16 Å². The van der Waals surface area contributed by atoms with E-state index in [0.29, 0.717) is 41.7 Å². The second-order valence-electron chi connectivity index (χ2n) is 13.3. The normalized spacial score (nSPS) is 46.1. The van der Waals surface area contributed by atoms with E-state index in [1.54, 1.807) is 0 Å². The second-order valence-corrected chi connectivity index (χ2v) is 13.3. The standard InChI is InChI=1S/C29H49NO3/c1-7-20(18(2)3)9-8-19(4)23-10-11-24-22-16-26(30-33)29(32)17-21(31)12-15-28(29,6)25(22)13-14-27(23,24)5/h18-20,22-25,32-33H,7-17H2,1-6H3/t19-,20-,22+,23-,24+,25+,27-,28-,29+/m1/s1. The lowest BCUT2D eigenvalue weighted by atomic mass is 9.42. The Balaban J connectivity index is 1.55. The predicted octanol–water partition coefficient (Wildman–Crippen LogP) is 6.87. The molecule has 33 heavy (non-hydrogen) atoms. The summed E-state index contributed by atoms with van der Waals surface area (Å²) in [5.74, 6) is 4.74. The molecule has 0 aliphatic heterocycles. The van der Waals surface area contributed by atoms with Crippen molar-refractivity contribution in [2.75, 3.05) is 0 Å². The first kappa shape index (κ1) is 25.2. The van der Waals surface area contributed by atoms with Gasteiger partial charge in [-0.2, -0.15) is 0 Å². The van der Waals surface area contributed by atoms with Gasteiger partial charge in [-0.3, -0.25) is 4.79 Å². The van der Waals surface area contributed by atoms with E-state index in [1.165, 1.54) is 38.5 Å². The Hall–Kier alpha value is -0.900. The second kappa shape index (κ2) is 8.95. The molecule has 4 rings (SSSR count). The van der Waals surface area contributed by atoms with Crippen LogP contribution in [-0.4, -0.2) is 27.4 Å². The van der Waals surface area contributed by atoms with E-state index in [1.807, 2.05) is 0 Å². The Morgan fingerprint density at radius 3 is 2.42 bits per heavy atom. The largest absolute Gasteiger partial charge is 0.411 e. The van der Waals surface area contributed by atoms with Crippen molar-refractivity contribution in [2.24, 2.45) is 57.4 Å². The number of hydrogen-bond donors (Lipinski definition) is 2. The van der Waals surface area contributed by atoms with Crippen LogP contribution in [-0.2, 0) is 4.79 Å². The molecular formula is C29H49NO3. The summed E-state index contributed by atoms with van der Waals surface area (Å²) in [6, 6.07) is 0. The molecule has 0 bridgehead atoms. The molecule has 0 aromatic carbocycles. The fourth-order valence-electron chi connectivity index (χ4n) is 9.65. The average Bonchev–Trinajstić information content (AvgIpc) is 3.11. The van der Waals surface area contributed by atoms with Crippen LogP contribution >= 0.6 is 0 Å². The molecule has 0 aromatic heterocycles. The minimum atomic E-state index is -1.26. The highest BCUT2D eigenvalue weighted by Crippen LogP contribution is 2.68. The third-order valence-corrected chi connectivity index (χ3v) is 11.8. The molecule has 4 saturated carbocycles. The van der Waals surface area contributed by atoms with Crippen LogP contribution in [0.25, 0.3) is 0 Å². The van der Waals surface area contributed by atoms with Gasteiger partial charge < -0.3 is 10.3 Å². The van der Waals surface area contributed by atoms with Gasteiger partial charge in [0.15, 0.2) is 0 Å². The topological polar surface area (TPSA) is 69.9 Å². The van der Waals surface area contributed by atoms with Crippen molar-refractivity contribution in [3.63, 3.8) is 0 Å². The van der Waals surface area contributed by atoms with Gasteiger partial charge in [0.2, 0.25) is 0 Å². The summed E-state index contributed by atoms with van der Waals surface area (Å²) in [5, 5.41) is 25.3. The number of nitrogens with zero attached hydrogens (tertiary/aromatic N) is 1. The average molecular weight is 460 g/mol. The van der Waals surface area contributed by atoms with E-state index in [4.69, 9.17) is 0 Å². The number of fused-ring (bicyclic) bond motifs is 5. The number of hydrogen-bond acceptors (Lipinski definition) is 4. The van der Waals surface area contributed by atoms with Crippen LogP contribution in [0.4, 0.5) is 0 Å². The van der Waals surface area contributed by atoms with E-state index >= 15 is 0 Å². The van der Waals surface area contributed by atoms with Gasteiger partial charge in [-0.05, 0) is 91.8 Å². The van der Waals surface area contributed by atoms with E-state index in [-0.39, 0.29) is 17.6 Å². The van der Waals surface area contributed by atoms with Crippen molar-refractivity contribution < 1.29 is 15.1 Å². The highest BCUT2D eigenvalue weighted by Gasteiger charge is 2.67. The molecule has 4 nitrogen and oxygen atoms in total. The van der Waals surface area contributed by atoms with Crippen LogP contribution in [0, 0.1) is 52.3 Å². The molecule has 0 spiro atoms. The van der Waals surface area contributed by atoms with Gasteiger partial charge in [0, 0.05) is 18.3 Å². The number of oxime groups is 1. The molecule has 4 heteroatoms. The van der Waals surface area contributed by atoms with Crippen molar-refractivity contribution >= 4 is 11.5 Å². The van der Waals surface area contributed by atoms with E-state index < -0.39 is 5.60 Å². The van der Waals surface area contributed by atoms with Gasteiger partial charge in [-0.15, -0.1) is 0 Å². The summed E-state index contributed by atoms with van der Waals surface area (Å²) in [4.78, 5) is 12.3. The van der Waals surface area contributed by atoms with E-state index in [9.17, 15) is 15.1 Å². The van der Waals surface area contributed by atoms with Crippen molar-refractivity contribution in [2.45, 2.75) is 118 Å². The molecule has 4 fully saturated rings. The number of ketones is 1. The Morgan fingerprint density at radius 2 is 1.79 bits per heavy atom. The lowest BCUT2D eigenvalue weighted by Gasteiger charge is -2.63. The van der Waals surface area contributed by atoms with Gasteiger partial charge in [0.05, 0.1) is 5.71 Å². The third kappa shape index (κ3) is 3.81. The van der Waals surface area contributed by atoms with E-state index in [0.717, 1.165) is 36.5 Å². The van der Waals surface area contributed by atoms with Crippen LogP contribution in [0.2, 0.25) is 0 Å². The zero-order chi connectivity index (χ0) is 24.2. The van der Waals surface area contributed by atoms with Crippen LogP contribution in [0.1, 0.15) is 112 Å². The molecule has 4 aliphatic rings. The van der Waals surface area contributed by atoms with Crippen molar-refractivity contribution in [3.8, 4) is 0 Å². The first-order valence-electron chi connectivity index (χ1n) is 14.0. The van der Waals surface area contributed by atoms with Crippen molar-refractivity contribution in [3.05, 3.63) is 0 Å². The Bertz CT molecular complexity index is 777. The molecule has 0 aromatic rings. The van der Waals surface area contributed by atoms with Gasteiger partial charge in [-0.25, -0.2) is 0 Å². The Labute approximate surface area is 202 Å². The van der Waals surface area contributed by atoms with Crippen LogP contribution in [0.5, 0.6) is 0 Å². The maximum atomic E-state index is 12.3. The minimum Gasteiger partial charge on any atom is -0.411 e. The third-order valence-electron chi connectivity index (χ3n) is 11.8. The quantitative estimate of drug-likeness (QED) is 0.336. The monoisotopic (exact) mass is 459 g/mol. The maximum Gasteiger partial charge on any atom is 0.136 e. The summed E-state index contributed by atoms with van der Waals surface area (Å²) >= 11 is 0. The number of Topliss-reactive ketones (excluding diaryl/α,β-unsaturated/α-hetero) is 1. The fourth-order valence-corrected chi connectivity index (χ4v) is 9.65. The van der Waals surface area contributed by atoms with Crippen molar-refractivity contribution in [1.82, 2.24) is 0 Å². The van der Waals surface area contributed by atoms with Crippen LogP contribution < -0.4 is 0 Å². The van der Waals surface area contributed by atoms with Gasteiger partial charge in [0.25, 0.3) is 0 Å². The number of carbonyl (C=O) groups is 1. The van der Waals surface area contributed by atoms with Gasteiger partial charge in [0.1, 0.15) is 11.4 Å². The summed E-state index contributed by atoms with van der Waals surface area (Å²) < 4.78 is 0. The zero-order valence-electron chi connectivity index (χ0n) is 22.1. The molecule has 0 radical (unpaired) electrons. The predicted molar refractivity (Wildman–Crippen MR) is 133 cm³/mol. The van der Waals surface area contributed by atoms with E-state index in [2.05, 4.69) is 46.7 Å². The molecular weight excluding hydrogens is 410 g/mol. The molecule has 0 saturated heterocycles. The highest BCUT2D eigenvalue weighted by atomic mass is 16.4. The molecule has 9 atom stereocenters. The van der Waals surface area contributed by atoms with Crippen molar-refractivity contribution in [1.29, 1.82) is 0 Å². The number of rotatable bonds is 6. The summed E-state index contributed by atoms with van der Waals surface area (Å²) in [5.41, 5.74) is -0.787. The Morgan fingerprint density at radius 1 is 1.06 bits per heavy atom. The highest BCUT2D eigenvalue weighted by molar-refractivity contribution is 5.99. The SMILES string of the molecule is CC[C@H](CC[C@@H](C)[C@H]1CC[C@H]2[C@@H]3CC(=NO)[C@@]4(O)CC(=O)CC[C@]4(C)[C@H]3CC[C@]12C)C(C)C. The van der Waals surface area contributed by atoms with Gasteiger partial charge in [-0.1, -0.05) is 59.5 Å².